The van der Waals surface area contributed by atoms with Crippen molar-refractivity contribution in [3.05, 3.63) is 41.3 Å². The number of hydrogen-bond acceptors (Lipinski definition) is 4. The van der Waals surface area contributed by atoms with Crippen LogP contribution in [0.1, 0.15) is 17.3 Å². The number of carbonyl (C=O) groups is 1. The number of nitrogens with one attached hydrogen (secondary N) is 1. The van der Waals surface area contributed by atoms with Crippen molar-refractivity contribution in [1.29, 1.82) is 0 Å². The molecule has 19 heavy (non-hydrogen) atoms. The van der Waals surface area contributed by atoms with Gasteiger partial charge in [0.25, 0.3) is 0 Å². The fraction of sp³-hybridized carbons (Fsp3) is 0.143. The number of carbonyl (C=O) groups excluding carboxylic acids is 1. The Kier molecular flexibility index (Phi) is 3.05. The molecule has 1 N–H and O–H groups in total. The van der Waals surface area contributed by atoms with Crippen LogP contribution in [-0.2, 0) is 4.74 Å². The Balaban J connectivity index is 2.01. The summed E-state index contributed by atoms with van der Waals surface area (Å²) in [6, 6.07) is 9.75. The molecule has 0 spiro atoms. The second-order valence-corrected chi connectivity index (χ2v) is 4.95. The Morgan fingerprint density at radius 3 is 3.11 bits per heavy atom. The number of nitrogens with zero attached hydrogens (tertiary/aromatic N) is 1. The first-order valence-corrected chi connectivity index (χ1v) is 6.86. The molecule has 0 aliphatic rings. The van der Waals surface area contributed by atoms with Crippen LogP contribution in [0.2, 0.25) is 0 Å². The van der Waals surface area contributed by atoms with E-state index < -0.39 is 0 Å². The van der Waals surface area contributed by atoms with Gasteiger partial charge in [-0.15, -0.1) is 11.3 Å². The molecule has 0 radical (unpaired) electrons. The third-order valence-electron chi connectivity index (χ3n) is 2.81. The predicted octanol–water partition coefficient (Wildman–Crippen LogP) is 3.47. The van der Waals surface area contributed by atoms with Gasteiger partial charge in [-0.25, -0.2) is 4.79 Å². The predicted molar refractivity (Wildman–Crippen MR) is 75.4 cm³/mol. The van der Waals surface area contributed by atoms with Gasteiger partial charge in [-0.05, 0) is 19.1 Å². The smallest absolute Gasteiger partial charge is 0.338 e. The summed E-state index contributed by atoms with van der Waals surface area (Å²) in [5.41, 5.74) is 2.44. The number of fused-ring (bicyclic) bond motifs is 1. The number of benzene rings is 1. The lowest BCUT2D eigenvalue weighted by Gasteiger charge is -1.96. The minimum Gasteiger partial charge on any atom is -0.462 e. The molecule has 96 valence electrons. The maximum Gasteiger partial charge on any atom is 0.338 e. The van der Waals surface area contributed by atoms with Gasteiger partial charge in [-0.3, -0.25) is 5.10 Å². The fourth-order valence-electron chi connectivity index (χ4n) is 1.93. The quantitative estimate of drug-likeness (QED) is 0.743. The van der Waals surface area contributed by atoms with Crippen molar-refractivity contribution in [3.8, 4) is 10.6 Å². The summed E-state index contributed by atoms with van der Waals surface area (Å²) < 4.78 is 4.99. The van der Waals surface area contributed by atoms with Crippen molar-refractivity contribution >= 4 is 28.2 Å². The highest BCUT2D eigenvalue weighted by molar-refractivity contribution is 7.13. The second kappa shape index (κ2) is 4.85. The normalized spacial score (nSPS) is 10.8. The number of para-hydroxylation sites is 1. The monoisotopic (exact) mass is 272 g/mol. The van der Waals surface area contributed by atoms with E-state index in [9.17, 15) is 4.79 Å². The van der Waals surface area contributed by atoms with Gasteiger partial charge in [0.05, 0.1) is 22.6 Å². The lowest BCUT2D eigenvalue weighted by Crippen LogP contribution is -2.02. The van der Waals surface area contributed by atoms with Crippen molar-refractivity contribution in [2.75, 3.05) is 6.61 Å². The van der Waals surface area contributed by atoms with E-state index >= 15 is 0 Å². The Bertz CT molecular complexity index is 730. The number of aromatic nitrogens is 2. The van der Waals surface area contributed by atoms with Gasteiger partial charge in [0.1, 0.15) is 5.69 Å². The molecule has 0 unspecified atom stereocenters. The Hall–Kier alpha value is -2.14. The lowest BCUT2D eigenvalue weighted by molar-refractivity contribution is 0.0527. The third-order valence-corrected chi connectivity index (χ3v) is 3.75. The first-order valence-electron chi connectivity index (χ1n) is 5.98. The van der Waals surface area contributed by atoms with Gasteiger partial charge in [0, 0.05) is 10.8 Å². The molecule has 1 aromatic carbocycles. The van der Waals surface area contributed by atoms with E-state index in [-0.39, 0.29) is 5.97 Å². The zero-order chi connectivity index (χ0) is 13.2. The van der Waals surface area contributed by atoms with Gasteiger partial charge in [0.2, 0.25) is 0 Å². The second-order valence-electron chi connectivity index (χ2n) is 4.04. The lowest BCUT2D eigenvalue weighted by atomic mass is 10.2. The standard InChI is InChI=1S/C14H12N2O2S/c1-2-18-14(17)9-7-12(19-8-9)13-10-5-3-4-6-11(10)15-16-13/h3-8H,2H2,1H3,(H,15,16). The fourth-order valence-corrected chi connectivity index (χ4v) is 2.81. The van der Waals surface area contributed by atoms with Crippen LogP contribution in [-0.4, -0.2) is 22.8 Å². The molecule has 3 rings (SSSR count). The topological polar surface area (TPSA) is 55.0 Å². The minimum absolute atomic E-state index is 0.287. The van der Waals surface area contributed by atoms with Gasteiger partial charge < -0.3 is 4.74 Å². The highest BCUT2D eigenvalue weighted by Crippen LogP contribution is 2.31. The van der Waals surface area contributed by atoms with Crippen molar-refractivity contribution in [2.45, 2.75) is 6.92 Å². The van der Waals surface area contributed by atoms with Crippen molar-refractivity contribution in [2.24, 2.45) is 0 Å². The maximum absolute atomic E-state index is 11.6. The molecule has 2 heterocycles. The molecule has 0 fully saturated rings. The SMILES string of the molecule is CCOC(=O)c1csc(-c2n[nH]c3ccccc23)c1. The van der Waals surface area contributed by atoms with E-state index in [0.29, 0.717) is 12.2 Å². The zero-order valence-electron chi connectivity index (χ0n) is 10.3. The molecule has 0 saturated carbocycles. The summed E-state index contributed by atoms with van der Waals surface area (Å²) in [7, 11) is 0. The van der Waals surface area contributed by atoms with Crippen LogP contribution in [0, 0.1) is 0 Å². The molecule has 0 atom stereocenters. The van der Waals surface area contributed by atoms with Gasteiger partial charge in [-0.2, -0.15) is 5.10 Å². The van der Waals surface area contributed by atoms with E-state index in [1.165, 1.54) is 11.3 Å². The summed E-state index contributed by atoms with van der Waals surface area (Å²) >= 11 is 1.49. The largest absolute Gasteiger partial charge is 0.462 e. The number of hydrogen-bond donors (Lipinski definition) is 1. The first-order chi connectivity index (χ1) is 9.29. The summed E-state index contributed by atoms with van der Waals surface area (Å²) in [6.45, 7) is 2.18. The summed E-state index contributed by atoms with van der Waals surface area (Å²) in [5, 5.41) is 10.2. The molecular formula is C14H12N2O2S. The molecular weight excluding hydrogens is 260 g/mol. The van der Waals surface area contributed by atoms with E-state index in [4.69, 9.17) is 4.74 Å². The minimum atomic E-state index is -0.287. The van der Waals surface area contributed by atoms with Crippen LogP contribution in [0.3, 0.4) is 0 Å². The molecule has 0 amide bonds. The number of rotatable bonds is 3. The van der Waals surface area contributed by atoms with Crippen molar-refractivity contribution in [1.82, 2.24) is 10.2 Å². The van der Waals surface area contributed by atoms with E-state index in [1.54, 1.807) is 12.3 Å². The molecule has 0 bridgehead atoms. The summed E-state index contributed by atoms with van der Waals surface area (Å²) in [4.78, 5) is 12.6. The Morgan fingerprint density at radius 1 is 1.42 bits per heavy atom. The van der Waals surface area contributed by atoms with Crippen LogP contribution < -0.4 is 0 Å². The molecule has 5 heteroatoms. The van der Waals surface area contributed by atoms with E-state index in [0.717, 1.165) is 21.5 Å². The Morgan fingerprint density at radius 2 is 2.26 bits per heavy atom. The first kappa shape index (κ1) is 11.9. The van der Waals surface area contributed by atoms with Crippen LogP contribution in [0.25, 0.3) is 21.5 Å². The molecule has 0 saturated heterocycles. The van der Waals surface area contributed by atoms with Crippen molar-refractivity contribution < 1.29 is 9.53 Å². The average Bonchev–Trinajstić information content (AvgIpc) is 3.05. The van der Waals surface area contributed by atoms with E-state index in [2.05, 4.69) is 10.2 Å². The van der Waals surface area contributed by atoms with Gasteiger partial charge in [-0.1, -0.05) is 18.2 Å². The molecule has 4 nitrogen and oxygen atoms in total. The summed E-state index contributed by atoms with van der Waals surface area (Å²) in [6.07, 6.45) is 0. The van der Waals surface area contributed by atoms with Crippen LogP contribution in [0.15, 0.2) is 35.7 Å². The van der Waals surface area contributed by atoms with Crippen LogP contribution in [0.4, 0.5) is 0 Å². The number of H-pyrrole nitrogens is 1. The van der Waals surface area contributed by atoms with E-state index in [1.807, 2.05) is 30.3 Å². The van der Waals surface area contributed by atoms with Crippen LogP contribution in [0.5, 0.6) is 0 Å². The number of aromatic amines is 1. The molecule has 2 aromatic heterocycles. The molecule has 0 aliphatic carbocycles. The van der Waals surface area contributed by atoms with Crippen molar-refractivity contribution in [3.63, 3.8) is 0 Å². The number of esters is 1. The van der Waals surface area contributed by atoms with Gasteiger partial charge in [0.15, 0.2) is 0 Å². The average molecular weight is 272 g/mol. The highest BCUT2D eigenvalue weighted by Gasteiger charge is 2.14. The number of ether oxygens (including phenoxy) is 1. The third kappa shape index (κ3) is 2.13. The maximum atomic E-state index is 11.6. The van der Waals surface area contributed by atoms with Crippen LogP contribution >= 0.6 is 11.3 Å². The number of thiophene rings is 1. The zero-order valence-corrected chi connectivity index (χ0v) is 11.2. The molecule has 0 aliphatic heterocycles. The highest BCUT2D eigenvalue weighted by atomic mass is 32.1. The molecule has 3 aromatic rings. The Labute approximate surface area is 114 Å². The van der Waals surface area contributed by atoms with Gasteiger partial charge >= 0.3 is 5.97 Å². The summed E-state index contributed by atoms with van der Waals surface area (Å²) in [5.74, 6) is -0.287.